The van der Waals surface area contributed by atoms with Gasteiger partial charge in [-0.15, -0.1) is 0 Å². The molecular formula is C75H84BN3Si. The Bertz CT molecular complexity index is 3930. The van der Waals surface area contributed by atoms with Crippen LogP contribution in [0.1, 0.15) is 156 Å². The number of hydrogen-bond acceptors (Lipinski definition) is 2. The maximum Gasteiger partial charge on any atom is 0.252 e. The Kier molecular flexibility index (Phi) is 11.5. The van der Waals surface area contributed by atoms with E-state index in [4.69, 9.17) is 0 Å². The van der Waals surface area contributed by atoms with Gasteiger partial charge in [0.2, 0.25) is 0 Å². The van der Waals surface area contributed by atoms with Crippen molar-refractivity contribution in [2.24, 2.45) is 0 Å². The van der Waals surface area contributed by atoms with Gasteiger partial charge in [0.25, 0.3) is 6.71 Å². The standard InChI is InChI=1S/C75H84BN3Si/c1-70(2,3)48-23-28-52(29-24-48)77-65-34-30-54(80(15,16)17)44-60(65)76-61-45-58-59(75(14)37-35-74(58,13)36-38-75)46-66(61)79(62-31-25-49(71(4,5)6)39-55(62)47-21-19-18-20-22-47)68-43-53(42-67(77)69(68)76)78-63-32-26-50(72(7,8)9)40-56(63)57-41-51(73(10,11)12)27-33-64(57)78/h18-34,39-46H,35-38H2,1-17H3. The third-order valence-corrected chi connectivity index (χ3v) is 21.8. The van der Waals surface area contributed by atoms with Crippen molar-refractivity contribution < 1.29 is 0 Å². The SMILES string of the molecule is CC(C)(C)c1ccc(N2c3ccc([Si](C)(C)C)cc3B3c4cc5c(cc4N(c4ccc(C(C)(C)C)cc4-c4ccccc4)c4cc(-n6c7ccc(C(C)(C)C)cc7c7cc(C(C)(C)C)ccc76)cc2c43)C2(C)CCC5(C)CC2)cc1. The van der Waals surface area contributed by atoms with E-state index >= 15 is 0 Å². The molecule has 0 unspecified atom stereocenters. The van der Waals surface area contributed by atoms with Crippen LogP contribution in [0, 0.1) is 0 Å². The molecule has 0 radical (unpaired) electrons. The number of nitrogens with zero attached hydrogens (tertiary/aromatic N) is 3. The van der Waals surface area contributed by atoms with Gasteiger partial charge in [-0.05, 0) is 186 Å². The van der Waals surface area contributed by atoms with E-state index in [1.165, 1.54) is 142 Å². The molecule has 1 saturated carbocycles. The Morgan fingerprint density at radius 2 is 0.887 bits per heavy atom. The van der Waals surface area contributed by atoms with E-state index in [0.29, 0.717) is 0 Å². The van der Waals surface area contributed by atoms with Gasteiger partial charge in [-0.25, -0.2) is 0 Å². The second kappa shape index (κ2) is 17.5. The van der Waals surface area contributed by atoms with Crippen LogP contribution in [0.15, 0.2) is 152 Å². The highest BCUT2D eigenvalue weighted by Gasteiger charge is 2.51. The Labute approximate surface area is 480 Å². The number of hydrogen-bond donors (Lipinski definition) is 0. The number of rotatable bonds is 5. The molecule has 2 bridgehead atoms. The lowest BCUT2D eigenvalue weighted by molar-refractivity contribution is 0.188. The number of anilines is 6. The summed E-state index contributed by atoms with van der Waals surface area (Å²) in [6.07, 6.45) is 4.94. The normalized spacial score (nSPS) is 18.9. The Morgan fingerprint density at radius 1 is 0.412 bits per heavy atom. The van der Waals surface area contributed by atoms with Crippen LogP contribution >= 0.6 is 0 Å². The first-order valence-corrected chi connectivity index (χ1v) is 33.5. The molecule has 80 heavy (non-hydrogen) atoms. The monoisotopic (exact) mass is 1070 g/mol. The smallest absolute Gasteiger partial charge is 0.252 e. The van der Waals surface area contributed by atoms with E-state index in [1.54, 1.807) is 11.1 Å². The third-order valence-electron chi connectivity index (χ3n) is 19.7. The first-order valence-electron chi connectivity index (χ1n) is 30.0. The molecule has 3 nitrogen and oxygen atoms in total. The van der Waals surface area contributed by atoms with Crippen molar-refractivity contribution in [3.8, 4) is 16.8 Å². The molecule has 5 heteroatoms. The van der Waals surface area contributed by atoms with Crippen molar-refractivity contribution >= 4 is 92.3 Å². The van der Waals surface area contributed by atoms with Crippen molar-refractivity contribution in [1.82, 2.24) is 4.57 Å². The molecule has 2 aliphatic heterocycles. The van der Waals surface area contributed by atoms with Gasteiger partial charge in [-0.2, -0.15) is 0 Å². The van der Waals surface area contributed by atoms with E-state index in [0.717, 1.165) is 0 Å². The fourth-order valence-electron chi connectivity index (χ4n) is 14.4. The molecule has 5 aliphatic rings. The van der Waals surface area contributed by atoms with Crippen molar-refractivity contribution in [3.63, 3.8) is 0 Å². The quantitative estimate of drug-likeness (QED) is 0.159. The Hall–Kier alpha value is -6.56. The van der Waals surface area contributed by atoms with Crippen LogP contribution in [-0.2, 0) is 32.5 Å². The fraction of sp³-hybridized carbons (Fsp3) is 0.360. The molecule has 406 valence electrons. The van der Waals surface area contributed by atoms with Crippen LogP contribution in [0.5, 0.6) is 0 Å². The molecule has 9 aromatic rings. The van der Waals surface area contributed by atoms with E-state index in [1.807, 2.05) is 0 Å². The van der Waals surface area contributed by atoms with Gasteiger partial charge in [-0.1, -0.05) is 201 Å². The lowest BCUT2D eigenvalue weighted by Gasteiger charge is -2.53. The fourth-order valence-corrected chi connectivity index (χ4v) is 15.6. The average molecular weight is 1070 g/mol. The van der Waals surface area contributed by atoms with Crippen molar-refractivity contribution in [2.45, 2.75) is 175 Å². The summed E-state index contributed by atoms with van der Waals surface area (Å²) in [6, 6.07) is 61.2. The van der Waals surface area contributed by atoms with Gasteiger partial charge in [-0.3, -0.25) is 0 Å². The zero-order valence-corrected chi connectivity index (χ0v) is 52.2. The molecule has 3 heterocycles. The second-order valence-electron chi connectivity index (χ2n) is 30.5. The van der Waals surface area contributed by atoms with Gasteiger partial charge >= 0.3 is 0 Å². The molecule has 8 aromatic carbocycles. The van der Waals surface area contributed by atoms with Crippen LogP contribution in [0.4, 0.5) is 34.1 Å². The van der Waals surface area contributed by atoms with Crippen LogP contribution < -0.4 is 31.4 Å². The lowest BCUT2D eigenvalue weighted by atomic mass is 9.33. The van der Waals surface area contributed by atoms with E-state index in [9.17, 15) is 0 Å². The van der Waals surface area contributed by atoms with Crippen molar-refractivity contribution in [3.05, 3.63) is 185 Å². The van der Waals surface area contributed by atoms with Crippen molar-refractivity contribution in [1.29, 1.82) is 0 Å². The highest BCUT2D eigenvalue weighted by atomic mass is 28.3. The first-order chi connectivity index (χ1) is 37.5. The molecule has 0 saturated heterocycles. The Balaban J connectivity index is 1.22. The summed E-state index contributed by atoms with van der Waals surface area (Å²) in [5, 5.41) is 4.10. The van der Waals surface area contributed by atoms with Gasteiger partial charge in [0, 0.05) is 44.8 Å². The number of benzene rings is 8. The largest absolute Gasteiger partial charge is 0.311 e. The predicted molar refractivity (Wildman–Crippen MR) is 351 cm³/mol. The van der Waals surface area contributed by atoms with Crippen LogP contribution in [0.2, 0.25) is 19.6 Å². The summed E-state index contributed by atoms with van der Waals surface area (Å²) in [6.45, 7) is 40.9. The summed E-state index contributed by atoms with van der Waals surface area (Å²) >= 11 is 0. The zero-order valence-electron chi connectivity index (χ0n) is 51.2. The topological polar surface area (TPSA) is 11.4 Å². The van der Waals surface area contributed by atoms with Crippen LogP contribution in [0.3, 0.4) is 0 Å². The molecule has 0 N–H and O–H groups in total. The number of fused-ring (bicyclic) bond motifs is 9. The molecule has 1 fully saturated rings. The van der Waals surface area contributed by atoms with Crippen molar-refractivity contribution in [2.75, 3.05) is 9.80 Å². The molecule has 14 rings (SSSR count). The summed E-state index contributed by atoms with van der Waals surface area (Å²) in [5.74, 6) is 0. The van der Waals surface area contributed by atoms with Gasteiger partial charge in [0.1, 0.15) is 0 Å². The number of aromatic nitrogens is 1. The highest BCUT2D eigenvalue weighted by molar-refractivity contribution is 7.01. The third kappa shape index (κ3) is 8.24. The summed E-state index contributed by atoms with van der Waals surface area (Å²) in [4.78, 5) is 5.42. The highest BCUT2D eigenvalue weighted by Crippen LogP contribution is 2.58. The zero-order chi connectivity index (χ0) is 56.6. The van der Waals surface area contributed by atoms with E-state index in [-0.39, 0.29) is 39.2 Å². The van der Waals surface area contributed by atoms with Crippen LogP contribution in [-0.4, -0.2) is 19.4 Å². The minimum atomic E-state index is -1.79. The molecule has 0 atom stereocenters. The molecule has 0 spiro atoms. The van der Waals surface area contributed by atoms with Gasteiger partial charge < -0.3 is 14.4 Å². The minimum Gasteiger partial charge on any atom is -0.311 e. The van der Waals surface area contributed by atoms with Crippen LogP contribution in [0.25, 0.3) is 38.6 Å². The minimum absolute atomic E-state index is 0.00489. The second-order valence-corrected chi connectivity index (χ2v) is 35.6. The predicted octanol–water partition coefficient (Wildman–Crippen LogP) is 18.4. The summed E-state index contributed by atoms with van der Waals surface area (Å²) in [7, 11) is -1.79. The molecule has 3 aliphatic carbocycles. The van der Waals surface area contributed by atoms with E-state index < -0.39 is 8.07 Å². The van der Waals surface area contributed by atoms with Gasteiger partial charge in [0.05, 0.1) is 30.5 Å². The molecule has 0 amide bonds. The van der Waals surface area contributed by atoms with E-state index in [2.05, 4.69) is 283 Å². The first kappa shape index (κ1) is 52.8. The summed E-state index contributed by atoms with van der Waals surface area (Å²) < 4.78 is 2.61. The maximum atomic E-state index is 2.76. The lowest BCUT2D eigenvalue weighted by Crippen LogP contribution is -2.63. The van der Waals surface area contributed by atoms with Gasteiger partial charge in [0.15, 0.2) is 0 Å². The Morgan fingerprint density at radius 3 is 1.43 bits per heavy atom. The summed E-state index contributed by atoms with van der Waals surface area (Å²) in [5.41, 5.74) is 26.5. The average Bonchev–Trinajstić information content (AvgIpc) is 3.26. The molecule has 1 aromatic heterocycles. The maximum absolute atomic E-state index is 2.76. The molecular weight excluding hydrogens is 982 g/mol.